The van der Waals surface area contributed by atoms with E-state index in [0.29, 0.717) is 6.04 Å². The summed E-state index contributed by atoms with van der Waals surface area (Å²) in [6, 6.07) is 16.5. The molecule has 0 unspecified atom stereocenters. The van der Waals surface area contributed by atoms with Gasteiger partial charge in [0.25, 0.3) is 0 Å². The van der Waals surface area contributed by atoms with Gasteiger partial charge in [0.2, 0.25) is 5.78 Å². The number of fused-ring (bicyclic) bond motifs is 1. The molecule has 0 radical (unpaired) electrons. The third-order valence-corrected chi connectivity index (χ3v) is 5.05. The third kappa shape index (κ3) is 3.52. The second-order valence-corrected chi connectivity index (χ2v) is 6.73. The van der Waals surface area contributed by atoms with Crippen LogP contribution < -0.4 is 5.32 Å². The van der Waals surface area contributed by atoms with E-state index in [2.05, 4.69) is 37.1 Å². The first-order valence-corrected chi connectivity index (χ1v) is 9.18. The van der Waals surface area contributed by atoms with Crippen LogP contribution in [0.15, 0.2) is 54.7 Å². The van der Waals surface area contributed by atoms with Gasteiger partial charge in [0, 0.05) is 28.2 Å². The van der Waals surface area contributed by atoms with E-state index in [1.165, 1.54) is 5.56 Å². The van der Waals surface area contributed by atoms with Gasteiger partial charge in [-0.05, 0) is 25.3 Å². The summed E-state index contributed by atoms with van der Waals surface area (Å²) in [5.41, 5.74) is 4.19. The Morgan fingerprint density at radius 2 is 1.84 bits per heavy atom. The Morgan fingerprint density at radius 1 is 1.08 bits per heavy atom. The fraction of sp³-hybridized carbons (Fsp3) is 0.318. The number of nitrogens with two attached hydrogens (primary N) is 1. The van der Waals surface area contributed by atoms with Crippen LogP contribution in [0.25, 0.3) is 10.9 Å². The summed E-state index contributed by atoms with van der Waals surface area (Å²) in [5.74, 6) is 0.172. The summed E-state index contributed by atoms with van der Waals surface area (Å²) in [7, 11) is 0. The number of para-hydroxylation sites is 1. The maximum atomic E-state index is 13.4. The largest absolute Gasteiger partial charge is 0.360 e. The Bertz CT molecular complexity index is 851. The molecule has 0 fully saturated rings. The minimum absolute atomic E-state index is 0.172. The molecule has 3 aromatic rings. The lowest BCUT2D eigenvalue weighted by atomic mass is 9.95. The van der Waals surface area contributed by atoms with Crippen LogP contribution in [0.5, 0.6) is 0 Å². The van der Waals surface area contributed by atoms with Gasteiger partial charge in [-0.15, -0.1) is 0 Å². The number of aryl methyl sites for hydroxylation is 1. The fourth-order valence-electron chi connectivity index (χ4n) is 3.36. The maximum Gasteiger partial charge on any atom is 0.226 e. The number of quaternary nitrogens is 1. The zero-order valence-corrected chi connectivity index (χ0v) is 15.3. The molecular formula is C22H27N2O+. The molecule has 0 saturated heterocycles. The molecule has 1 aromatic heterocycles. The van der Waals surface area contributed by atoms with Crippen LogP contribution in [0.3, 0.4) is 0 Å². The highest BCUT2D eigenvalue weighted by Gasteiger charge is 2.28. The number of aromatic amines is 1. The lowest BCUT2D eigenvalue weighted by molar-refractivity contribution is -0.711. The molecule has 0 saturated carbocycles. The molecule has 2 atom stereocenters. The van der Waals surface area contributed by atoms with Gasteiger partial charge in [-0.25, -0.2) is 0 Å². The summed E-state index contributed by atoms with van der Waals surface area (Å²) < 4.78 is 0. The van der Waals surface area contributed by atoms with E-state index >= 15 is 0 Å². The van der Waals surface area contributed by atoms with E-state index in [4.69, 9.17) is 0 Å². The number of carbonyl (C=O) groups excluding carboxylic acids is 1. The van der Waals surface area contributed by atoms with Gasteiger partial charge in [-0.2, -0.15) is 0 Å². The Morgan fingerprint density at radius 3 is 2.52 bits per heavy atom. The number of hydrogen-bond donors (Lipinski definition) is 2. The zero-order chi connectivity index (χ0) is 17.8. The highest BCUT2D eigenvalue weighted by molar-refractivity contribution is 6.10. The predicted molar refractivity (Wildman–Crippen MR) is 103 cm³/mol. The molecule has 25 heavy (non-hydrogen) atoms. The van der Waals surface area contributed by atoms with E-state index in [1.807, 2.05) is 48.7 Å². The second-order valence-electron chi connectivity index (χ2n) is 6.73. The lowest BCUT2D eigenvalue weighted by Crippen LogP contribution is -2.91. The molecule has 0 aliphatic rings. The van der Waals surface area contributed by atoms with Crippen LogP contribution in [-0.4, -0.2) is 16.8 Å². The molecule has 3 nitrogen and oxygen atoms in total. The average molecular weight is 335 g/mol. The molecule has 0 aliphatic heterocycles. The van der Waals surface area contributed by atoms with E-state index < -0.39 is 0 Å². The molecule has 130 valence electrons. The number of nitrogens with one attached hydrogen (secondary N) is 1. The van der Waals surface area contributed by atoms with Gasteiger partial charge >= 0.3 is 0 Å². The SMILES string of the molecule is CCc1cccc2c(C(=O)[C@H]([NH2+][C@H](C)CC)c3ccccc3)c[nH]c12. The standard InChI is InChI=1S/C22H26N2O/c1-4-15(3)24-21(17-10-7-6-8-11-17)22(25)19-14-23-20-16(5-2)12-9-13-18(19)20/h6-15,21,23-24H,4-5H2,1-3H3/p+1/t15-,21-/m1/s1. The van der Waals surface area contributed by atoms with Gasteiger partial charge in [0.05, 0.1) is 6.04 Å². The van der Waals surface area contributed by atoms with Crippen molar-refractivity contribution in [3.63, 3.8) is 0 Å². The van der Waals surface area contributed by atoms with Crippen molar-refractivity contribution < 1.29 is 10.1 Å². The Balaban J connectivity index is 2.03. The van der Waals surface area contributed by atoms with Crippen molar-refractivity contribution in [2.45, 2.75) is 45.7 Å². The lowest BCUT2D eigenvalue weighted by Gasteiger charge is -2.18. The van der Waals surface area contributed by atoms with E-state index in [0.717, 1.165) is 34.9 Å². The summed E-state index contributed by atoms with van der Waals surface area (Å²) in [6.07, 6.45) is 3.86. The number of ketones is 1. The van der Waals surface area contributed by atoms with E-state index in [1.54, 1.807) is 0 Å². The number of benzene rings is 2. The van der Waals surface area contributed by atoms with Crippen LogP contribution in [0.2, 0.25) is 0 Å². The summed E-state index contributed by atoms with van der Waals surface area (Å²) >= 11 is 0. The molecule has 3 N–H and O–H groups in total. The molecule has 1 heterocycles. The van der Waals surface area contributed by atoms with E-state index in [-0.39, 0.29) is 11.8 Å². The topological polar surface area (TPSA) is 49.5 Å². The third-order valence-electron chi connectivity index (χ3n) is 5.05. The molecule has 0 bridgehead atoms. The smallest absolute Gasteiger partial charge is 0.226 e. The van der Waals surface area contributed by atoms with Gasteiger partial charge in [0.15, 0.2) is 6.04 Å². The minimum Gasteiger partial charge on any atom is -0.360 e. The first-order valence-electron chi connectivity index (χ1n) is 9.18. The number of H-pyrrole nitrogens is 1. The minimum atomic E-state index is -0.208. The monoisotopic (exact) mass is 335 g/mol. The molecule has 0 aliphatic carbocycles. The van der Waals surface area contributed by atoms with Crippen molar-refractivity contribution >= 4 is 16.7 Å². The van der Waals surface area contributed by atoms with Crippen molar-refractivity contribution in [1.29, 1.82) is 0 Å². The average Bonchev–Trinajstić information content (AvgIpc) is 3.10. The second kappa shape index (κ2) is 7.66. The summed E-state index contributed by atoms with van der Waals surface area (Å²) in [5, 5.41) is 3.23. The highest BCUT2D eigenvalue weighted by atomic mass is 16.1. The van der Waals surface area contributed by atoms with Crippen molar-refractivity contribution in [3.8, 4) is 0 Å². The number of Topliss-reactive ketones (excluding diaryl/α,β-unsaturated/α-hetero) is 1. The number of rotatable bonds is 7. The maximum absolute atomic E-state index is 13.4. The number of aromatic nitrogens is 1. The van der Waals surface area contributed by atoms with Crippen molar-refractivity contribution in [2.75, 3.05) is 0 Å². The van der Waals surface area contributed by atoms with Crippen LogP contribution in [0.4, 0.5) is 0 Å². The summed E-state index contributed by atoms with van der Waals surface area (Å²) in [6.45, 7) is 6.47. The van der Waals surface area contributed by atoms with Crippen LogP contribution in [0.1, 0.15) is 54.7 Å². The zero-order valence-electron chi connectivity index (χ0n) is 15.3. The fourth-order valence-corrected chi connectivity index (χ4v) is 3.36. The molecule has 0 amide bonds. The molecule has 3 heteroatoms. The Labute approximate surface area is 149 Å². The Hall–Kier alpha value is -2.39. The molecule has 3 rings (SSSR count). The number of hydrogen-bond acceptors (Lipinski definition) is 1. The quantitative estimate of drug-likeness (QED) is 0.630. The normalized spacial score (nSPS) is 13.7. The van der Waals surface area contributed by atoms with Crippen molar-refractivity contribution in [3.05, 3.63) is 71.4 Å². The Kier molecular flexibility index (Phi) is 5.34. The predicted octanol–water partition coefficient (Wildman–Crippen LogP) is 4.02. The van der Waals surface area contributed by atoms with Crippen molar-refractivity contribution in [2.24, 2.45) is 0 Å². The van der Waals surface area contributed by atoms with Gasteiger partial charge in [-0.1, -0.05) is 62.4 Å². The van der Waals surface area contributed by atoms with Gasteiger partial charge in [-0.3, -0.25) is 4.79 Å². The molecule has 0 spiro atoms. The van der Waals surface area contributed by atoms with Crippen LogP contribution in [-0.2, 0) is 6.42 Å². The highest BCUT2D eigenvalue weighted by Crippen LogP contribution is 2.25. The van der Waals surface area contributed by atoms with Gasteiger partial charge < -0.3 is 10.3 Å². The molecule has 2 aromatic carbocycles. The first kappa shape index (κ1) is 17.4. The van der Waals surface area contributed by atoms with Gasteiger partial charge in [0.1, 0.15) is 0 Å². The van der Waals surface area contributed by atoms with E-state index in [9.17, 15) is 4.79 Å². The van der Waals surface area contributed by atoms with Crippen LogP contribution >= 0.6 is 0 Å². The first-order chi connectivity index (χ1) is 12.2. The number of carbonyl (C=O) groups is 1. The van der Waals surface area contributed by atoms with Crippen LogP contribution in [0, 0.1) is 0 Å². The summed E-state index contributed by atoms with van der Waals surface area (Å²) in [4.78, 5) is 16.7. The van der Waals surface area contributed by atoms with Crippen molar-refractivity contribution in [1.82, 2.24) is 4.98 Å². The molecular weight excluding hydrogens is 308 g/mol.